The van der Waals surface area contributed by atoms with Gasteiger partial charge >= 0.3 is 0 Å². The Labute approximate surface area is 228 Å². The van der Waals surface area contributed by atoms with Crippen molar-refractivity contribution in [3.8, 4) is 11.5 Å². The van der Waals surface area contributed by atoms with Crippen molar-refractivity contribution in [1.29, 1.82) is 0 Å². The molecule has 0 N–H and O–H groups in total. The summed E-state index contributed by atoms with van der Waals surface area (Å²) in [5.41, 5.74) is 3.61. The zero-order chi connectivity index (χ0) is 26.0. The third-order valence-electron chi connectivity index (χ3n) is 6.64. The van der Waals surface area contributed by atoms with Crippen LogP contribution in [0.4, 0.5) is 5.69 Å². The van der Waals surface area contributed by atoms with Crippen LogP contribution >= 0.6 is 27.3 Å². The van der Waals surface area contributed by atoms with Gasteiger partial charge < -0.3 is 14.4 Å². The Balaban J connectivity index is 1.30. The number of halogens is 1. The molecule has 2 aliphatic rings. The van der Waals surface area contributed by atoms with Gasteiger partial charge in [0.05, 0.1) is 17.8 Å². The number of hydrogen-bond acceptors (Lipinski definition) is 7. The van der Waals surface area contributed by atoms with Crippen molar-refractivity contribution in [1.82, 2.24) is 14.6 Å². The molecule has 8 nitrogen and oxygen atoms in total. The lowest BCUT2D eigenvalue weighted by Crippen LogP contribution is -2.32. The van der Waals surface area contributed by atoms with Crippen LogP contribution in [0.1, 0.15) is 28.6 Å². The van der Waals surface area contributed by atoms with Crippen LogP contribution in [0.2, 0.25) is 0 Å². The summed E-state index contributed by atoms with van der Waals surface area (Å²) in [6.07, 6.45) is -0.540. The van der Waals surface area contributed by atoms with E-state index in [4.69, 9.17) is 9.47 Å². The topological polar surface area (TPSA) is 86.0 Å². The highest BCUT2D eigenvalue weighted by atomic mass is 79.9. The lowest BCUT2D eigenvalue weighted by molar-refractivity contribution is -0.113. The Morgan fingerprint density at radius 1 is 1.05 bits per heavy atom. The van der Waals surface area contributed by atoms with E-state index in [2.05, 4.69) is 26.0 Å². The Morgan fingerprint density at radius 2 is 1.84 bits per heavy atom. The zero-order valence-corrected chi connectivity index (χ0v) is 22.5. The molecule has 1 unspecified atom stereocenters. The van der Waals surface area contributed by atoms with Gasteiger partial charge in [-0.3, -0.25) is 9.59 Å². The summed E-state index contributed by atoms with van der Waals surface area (Å²) in [6, 6.07) is 21.1. The molecule has 5 aromatic rings. The molecule has 1 amide bonds. The van der Waals surface area contributed by atoms with Gasteiger partial charge in [-0.1, -0.05) is 69.2 Å². The standard InChI is InChI=1S/C28H19BrN4O4S/c1-15-6-8-16(9-7-15)13-32-19-11-10-17(29)12-18(19)23(26(32)34)24-27(35)33-28(38-24)30-25(31-33)22-14-36-20-4-2-3-5-21(20)37-22/h2-12,22H,13-14H2,1H3. The first kappa shape index (κ1) is 23.1. The summed E-state index contributed by atoms with van der Waals surface area (Å²) in [5, 5.41) is 4.45. The molecule has 0 radical (unpaired) electrons. The van der Waals surface area contributed by atoms with Crippen molar-refractivity contribution in [2.45, 2.75) is 19.6 Å². The van der Waals surface area contributed by atoms with Crippen molar-refractivity contribution in [2.24, 2.45) is 0 Å². The van der Waals surface area contributed by atoms with Crippen molar-refractivity contribution >= 4 is 49.4 Å². The van der Waals surface area contributed by atoms with Crippen LogP contribution < -0.4 is 24.5 Å². The first-order chi connectivity index (χ1) is 18.5. The van der Waals surface area contributed by atoms with E-state index >= 15 is 0 Å². The summed E-state index contributed by atoms with van der Waals surface area (Å²) in [4.78, 5) is 34.0. The SMILES string of the molecule is Cc1ccc(CN2C(=O)C(=c3sc4nc(C5COc6ccccc6O5)nn4c3=O)c3cc(Br)ccc32)cc1. The van der Waals surface area contributed by atoms with Crippen LogP contribution in [0.5, 0.6) is 11.5 Å². The molecule has 7 rings (SSSR count). The van der Waals surface area contributed by atoms with Crippen LogP contribution in [-0.2, 0) is 11.3 Å². The second-order valence-corrected chi connectivity index (χ2v) is 11.1. The van der Waals surface area contributed by atoms with E-state index in [1.807, 2.05) is 73.7 Å². The number of anilines is 1. The number of ether oxygens (including phenoxy) is 2. The number of aromatic nitrogens is 3. The van der Waals surface area contributed by atoms with E-state index in [1.165, 1.54) is 4.52 Å². The Kier molecular flexibility index (Phi) is 5.34. The zero-order valence-electron chi connectivity index (χ0n) is 20.1. The van der Waals surface area contributed by atoms with Gasteiger partial charge in [0, 0.05) is 10.0 Å². The minimum atomic E-state index is -0.540. The van der Waals surface area contributed by atoms with Crippen LogP contribution in [-0.4, -0.2) is 27.1 Å². The van der Waals surface area contributed by atoms with Gasteiger partial charge in [0.15, 0.2) is 23.4 Å². The number of hydrogen-bond donors (Lipinski definition) is 0. The molecule has 0 saturated carbocycles. The predicted octanol–water partition coefficient (Wildman–Crippen LogP) is 4.20. The van der Waals surface area contributed by atoms with Crippen LogP contribution in [0.15, 0.2) is 76.0 Å². The minimum absolute atomic E-state index is 0.221. The molecule has 4 heterocycles. The van der Waals surface area contributed by atoms with Crippen LogP contribution in [0.3, 0.4) is 0 Å². The van der Waals surface area contributed by atoms with Crippen LogP contribution in [0.25, 0.3) is 10.5 Å². The first-order valence-corrected chi connectivity index (χ1v) is 13.6. The van der Waals surface area contributed by atoms with Gasteiger partial charge in [-0.25, -0.2) is 0 Å². The number of aryl methyl sites for hydroxylation is 1. The van der Waals surface area contributed by atoms with E-state index in [9.17, 15) is 9.59 Å². The van der Waals surface area contributed by atoms with Gasteiger partial charge in [-0.2, -0.15) is 9.50 Å². The maximum absolute atomic E-state index is 13.8. The quantitative estimate of drug-likeness (QED) is 0.315. The second kappa shape index (κ2) is 8.78. The third kappa shape index (κ3) is 3.71. The summed E-state index contributed by atoms with van der Waals surface area (Å²) in [5.74, 6) is 1.41. The molecule has 0 bridgehead atoms. The lowest BCUT2D eigenvalue weighted by Gasteiger charge is -2.24. The summed E-state index contributed by atoms with van der Waals surface area (Å²) < 4.78 is 14.2. The van der Waals surface area contributed by atoms with Gasteiger partial charge in [-0.15, -0.1) is 5.10 Å². The van der Waals surface area contributed by atoms with Gasteiger partial charge in [0.25, 0.3) is 11.5 Å². The monoisotopic (exact) mass is 586 g/mol. The van der Waals surface area contributed by atoms with Crippen molar-refractivity contribution in [2.75, 3.05) is 11.5 Å². The molecular formula is C28H19BrN4O4S. The number of carbonyl (C=O) groups is 1. The normalized spacial score (nSPS) is 17.8. The summed E-state index contributed by atoms with van der Waals surface area (Å²) in [7, 11) is 0. The van der Waals surface area contributed by atoms with E-state index in [0.717, 1.165) is 32.6 Å². The molecule has 1 atom stereocenters. The number of rotatable bonds is 3. The molecule has 0 aliphatic carbocycles. The maximum Gasteiger partial charge on any atom is 0.291 e. The molecular weight excluding hydrogens is 568 g/mol. The average molecular weight is 587 g/mol. The lowest BCUT2D eigenvalue weighted by atomic mass is 10.1. The number of nitrogens with zero attached hydrogens (tertiary/aromatic N) is 4. The highest BCUT2D eigenvalue weighted by Gasteiger charge is 2.35. The number of amides is 1. The summed E-state index contributed by atoms with van der Waals surface area (Å²) in [6.45, 7) is 2.66. The average Bonchev–Trinajstić information content (AvgIpc) is 3.55. The number of carbonyl (C=O) groups excluding carboxylic acids is 1. The van der Waals surface area contributed by atoms with E-state index in [1.54, 1.807) is 4.90 Å². The highest BCUT2D eigenvalue weighted by Crippen LogP contribution is 2.38. The number of para-hydroxylation sites is 2. The third-order valence-corrected chi connectivity index (χ3v) is 8.16. The molecule has 2 aromatic heterocycles. The molecule has 2 aliphatic heterocycles. The summed E-state index contributed by atoms with van der Waals surface area (Å²) >= 11 is 4.67. The number of thiazole rings is 1. The molecule has 3 aromatic carbocycles. The molecule has 188 valence electrons. The largest absolute Gasteiger partial charge is 0.485 e. The second-order valence-electron chi connectivity index (χ2n) is 9.18. The van der Waals surface area contributed by atoms with E-state index < -0.39 is 6.10 Å². The fraction of sp³-hybridized carbons (Fsp3) is 0.143. The maximum atomic E-state index is 13.8. The van der Waals surface area contributed by atoms with E-state index in [0.29, 0.717) is 44.5 Å². The molecule has 38 heavy (non-hydrogen) atoms. The minimum Gasteiger partial charge on any atom is -0.485 e. The van der Waals surface area contributed by atoms with Gasteiger partial charge in [0.1, 0.15) is 11.1 Å². The van der Waals surface area contributed by atoms with Crippen molar-refractivity contribution < 1.29 is 14.3 Å². The van der Waals surface area contributed by atoms with Crippen molar-refractivity contribution in [3.05, 3.63) is 109 Å². The Hall–Kier alpha value is -4.02. The van der Waals surface area contributed by atoms with Crippen molar-refractivity contribution in [3.63, 3.8) is 0 Å². The predicted molar refractivity (Wildman–Crippen MR) is 147 cm³/mol. The van der Waals surface area contributed by atoms with E-state index in [-0.39, 0.29) is 18.1 Å². The Bertz CT molecular complexity index is 1860. The number of benzene rings is 3. The number of fused-ring (bicyclic) bond motifs is 3. The highest BCUT2D eigenvalue weighted by molar-refractivity contribution is 9.10. The smallest absolute Gasteiger partial charge is 0.291 e. The van der Waals surface area contributed by atoms with Gasteiger partial charge in [0.2, 0.25) is 4.96 Å². The van der Waals surface area contributed by atoms with Gasteiger partial charge in [-0.05, 0) is 42.8 Å². The van der Waals surface area contributed by atoms with Crippen LogP contribution in [0, 0.1) is 6.92 Å². The molecule has 0 fully saturated rings. The fourth-order valence-corrected chi connectivity index (χ4v) is 6.11. The molecule has 10 heteroatoms. The fourth-order valence-electron chi connectivity index (χ4n) is 4.74. The first-order valence-electron chi connectivity index (χ1n) is 12.0. The molecule has 0 spiro atoms. The Morgan fingerprint density at radius 3 is 2.63 bits per heavy atom. The molecule has 0 saturated heterocycles.